The zero-order chi connectivity index (χ0) is 14.9. The minimum atomic E-state index is -0.628. The first-order chi connectivity index (χ1) is 8.82. The van der Waals surface area contributed by atoms with Crippen LogP contribution >= 0.6 is 0 Å². The fourth-order valence-electron chi connectivity index (χ4n) is 1.99. The quantitative estimate of drug-likeness (QED) is 0.402. The lowest BCUT2D eigenvalue weighted by atomic mass is 9.78. The van der Waals surface area contributed by atoms with Crippen molar-refractivity contribution >= 4 is 11.9 Å². The summed E-state index contributed by atoms with van der Waals surface area (Å²) in [5, 5.41) is 16.5. The fourth-order valence-corrected chi connectivity index (χ4v) is 1.99. The topological polar surface area (TPSA) is 93.1 Å². The fraction of sp³-hybridized carbons (Fsp3) is 0.846. The Hall–Kier alpha value is -1.14. The third kappa shape index (κ3) is 7.79. The van der Waals surface area contributed by atoms with Gasteiger partial charge in [0.1, 0.15) is 0 Å². The van der Waals surface area contributed by atoms with Crippen LogP contribution in [0.4, 0.5) is 0 Å². The van der Waals surface area contributed by atoms with Crippen molar-refractivity contribution in [2.24, 2.45) is 11.3 Å². The van der Waals surface area contributed by atoms with E-state index >= 15 is 0 Å². The molecule has 112 valence electrons. The Morgan fingerprint density at radius 1 is 1.00 bits per heavy atom. The van der Waals surface area contributed by atoms with E-state index in [9.17, 15) is 9.59 Å². The van der Waals surface area contributed by atoms with Crippen molar-refractivity contribution < 1.29 is 29.9 Å². The van der Waals surface area contributed by atoms with Crippen molar-refractivity contribution in [2.75, 3.05) is 0 Å². The van der Waals surface area contributed by atoms with Crippen molar-refractivity contribution in [3.63, 3.8) is 0 Å². The number of carbonyl (C=O) groups is 2. The van der Waals surface area contributed by atoms with Crippen LogP contribution in [0.15, 0.2) is 0 Å². The smallest absolute Gasteiger partial charge is 0.301 e. The maximum Gasteiger partial charge on any atom is 0.345 e. The largest absolute Gasteiger partial charge is 0.345 e. The zero-order valence-corrected chi connectivity index (χ0v) is 11.8. The summed E-state index contributed by atoms with van der Waals surface area (Å²) in [6, 6.07) is 0. The Kier molecular flexibility index (Phi) is 8.34. The second kappa shape index (κ2) is 8.87. The van der Waals surface area contributed by atoms with Crippen LogP contribution in [0.5, 0.6) is 0 Å². The Morgan fingerprint density at radius 3 is 2.05 bits per heavy atom. The molecule has 2 N–H and O–H groups in total. The monoisotopic (exact) mass is 276 g/mol. The van der Waals surface area contributed by atoms with Gasteiger partial charge in [-0.3, -0.25) is 0 Å². The third-order valence-corrected chi connectivity index (χ3v) is 3.15. The second-order valence-corrected chi connectivity index (χ2v) is 5.75. The number of carbonyl (C=O) groups excluding carboxylic acids is 2. The Morgan fingerprint density at radius 2 is 1.58 bits per heavy atom. The number of hydrogen-bond acceptors (Lipinski definition) is 6. The Balaban J connectivity index is 3.89. The SMILES string of the molecule is CC(C)(C)C(CCCCCCC(=O)OO)C(=O)OO. The highest BCUT2D eigenvalue weighted by Gasteiger charge is 2.32. The maximum absolute atomic E-state index is 11.4. The van der Waals surface area contributed by atoms with Crippen LogP contribution < -0.4 is 0 Å². The van der Waals surface area contributed by atoms with Crippen LogP contribution in [0, 0.1) is 11.3 Å². The van der Waals surface area contributed by atoms with Crippen molar-refractivity contribution in [2.45, 2.75) is 59.3 Å². The van der Waals surface area contributed by atoms with Crippen LogP contribution in [-0.4, -0.2) is 22.5 Å². The maximum atomic E-state index is 11.4. The van der Waals surface area contributed by atoms with E-state index in [1.165, 1.54) is 0 Å². The molecule has 19 heavy (non-hydrogen) atoms. The van der Waals surface area contributed by atoms with Crippen molar-refractivity contribution in [3.8, 4) is 0 Å². The molecule has 0 aromatic carbocycles. The van der Waals surface area contributed by atoms with Gasteiger partial charge in [-0.15, -0.1) is 0 Å². The first kappa shape index (κ1) is 17.9. The summed E-state index contributed by atoms with van der Waals surface area (Å²) in [6.07, 6.45) is 3.96. The molecule has 1 atom stereocenters. The van der Waals surface area contributed by atoms with Gasteiger partial charge in [0.2, 0.25) is 0 Å². The van der Waals surface area contributed by atoms with Gasteiger partial charge in [0.15, 0.2) is 0 Å². The number of rotatable bonds is 8. The second-order valence-electron chi connectivity index (χ2n) is 5.75. The molecule has 0 amide bonds. The first-order valence-electron chi connectivity index (χ1n) is 6.52. The minimum Gasteiger partial charge on any atom is -0.301 e. The molecule has 0 aliphatic carbocycles. The van der Waals surface area contributed by atoms with E-state index < -0.39 is 11.9 Å². The summed E-state index contributed by atoms with van der Waals surface area (Å²) in [7, 11) is 0. The highest BCUT2D eigenvalue weighted by molar-refractivity contribution is 5.72. The lowest BCUT2D eigenvalue weighted by Crippen LogP contribution is -2.29. The molecule has 0 saturated carbocycles. The summed E-state index contributed by atoms with van der Waals surface area (Å²) in [4.78, 5) is 29.5. The summed E-state index contributed by atoms with van der Waals surface area (Å²) >= 11 is 0. The predicted molar refractivity (Wildman–Crippen MR) is 68.1 cm³/mol. The third-order valence-electron chi connectivity index (χ3n) is 3.15. The number of unbranched alkanes of at least 4 members (excludes halogenated alkanes) is 3. The molecular weight excluding hydrogens is 252 g/mol. The molecule has 0 heterocycles. The molecule has 1 unspecified atom stereocenters. The summed E-state index contributed by atoms with van der Waals surface area (Å²) < 4.78 is 0. The average Bonchev–Trinajstić information content (AvgIpc) is 2.35. The average molecular weight is 276 g/mol. The van der Waals surface area contributed by atoms with Crippen LogP contribution in [0.1, 0.15) is 59.3 Å². The highest BCUT2D eigenvalue weighted by atomic mass is 17.1. The Labute approximate surface area is 113 Å². The van der Waals surface area contributed by atoms with Gasteiger partial charge < -0.3 is 9.78 Å². The number of hydrogen-bond donors (Lipinski definition) is 2. The van der Waals surface area contributed by atoms with Gasteiger partial charge in [-0.2, -0.15) is 10.5 Å². The minimum absolute atomic E-state index is 0.192. The molecule has 0 aliphatic rings. The van der Waals surface area contributed by atoms with E-state index in [0.29, 0.717) is 12.8 Å². The van der Waals surface area contributed by atoms with E-state index in [-0.39, 0.29) is 17.8 Å². The first-order valence-corrected chi connectivity index (χ1v) is 6.52. The molecule has 0 fully saturated rings. The highest BCUT2D eigenvalue weighted by Crippen LogP contribution is 2.31. The lowest BCUT2D eigenvalue weighted by Gasteiger charge is -2.27. The molecule has 0 bridgehead atoms. The van der Waals surface area contributed by atoms with E-state index in [2.05, 4.69) is 9.78 Å². The molecule has 0 aliphatic heterocycles. The van der Waals surface area contributed by atoms with Crippen molar-refractivity contribution in [3.05, 3.63) is 0 Å². The van der Waals surface area contributed by atoms with Gasteiger partial charge in [-0.25, -0.2) is 9.59 Å². The van der Waals surface area contributed by atoms with Crippen molar-refractivity contribution in [1.29, 1.82) is 0 Å². The van der Waals surface area contributed by atoms with Crippen LogP contribution in [0.2, 0.25) is 0 Å². The molecular formula is C13H24O6. The van der Waals surface area contributed by atoms with Gasteiger partial charge >= 0.3 is 11.9 Å². The molecule has 0 saturated heterocycles. The van der Waals surface area contributed by atoms with Crippen molar-refractivity contribution in [1.82, 2.24) is 0 Å². The van der Waals surface area contributed by atoms with E-state index in [1.54, 1.807) is 0 Å². The standard InChI is InChI=1S/C13H24O6/c1-13(2,3)10(12(15)19-17)8-6-4-5-7-9-11(14)18-16/h10,16-17H,4-9H2,1-3H3. The molecule has 0 rings (SSSR count). The summed E-state index contributed by atoms with van der Waals surface area (Å²) in [5.74, 6) is -1.58. The lowest BCUT2D eigenvalue weighted by molar-refractivity contribution is -0.242. The van der Waals surface area contributed by atoms with Gasteiger partial charge in [-0.05, 0) is 18.3 Å². The molecule has 6 heteroatoms. The van der Waals surface area contributed by atoms with Gasteiger partial charge in [0.25, 0.3) is 0 Å². The molecule has 0 radical (unpaired) electrons. The van der Waals surface area contributed by atoms with Gasteiger partial charge in [-0.1, -0.05) is 40.0 Å². The molecule has 6 nitrogen and oxygen atoms in total. The summed E-state index contributed by atoms with van der Waals surface area (Å²) in [6.45, 7) is 5.77. The zero-order valence-electron chi connectivity index (χ0n) is 11.8. The van der Waals surface area contributed by atoms with Crippen LogP contribution in [0.25, 0.3) is 0 Å². The molecule has 0 spiro atoms. The molecule has 0 aromatic rings. The predicted octanol–water partition coefficient (Wildman–Crippen LogP) is 3.02. The van der Waals surface area contributed by atoms with Crippen LogP contribution in [-0.2, 0) is 19.4 Å². The Bertz CT molecular complexity index is 281. The van der Waals surface area contributed by atoms with E-state index in [4.69, 9.17) is 10.5 Å². The summed E-state index contributed by atoms with van der Waals surface area (Å²) in [5.41, 5.74) is -0.263. The van der Waals surface area contributed by atoms with Gasteiger partial charge in [0.05, 0.1) is 5.92 Å². The van der Waals surface area contributed by atoms with Crippen LogP contribution in [0.3, 0.4) is 0 Å². The van der Waals surface area contributed by atoms with E-state index in [0.717, 1.165) is 19.3 Å². The van der Waals surface area contributed by atoms with E-state index in [1.807, 2.05) is 20.8 Å². The van der Waals surface area contributed by atoms with Gasteiger partial charge in [0, 0.05) is 6.42 Å². The normalized spacial score (nSPS) is 12.9. The molecule has 0 aromatic heterocycles.